The number of rotatable bonds is 5. The first-order valence-electron chi connectivity index (χ1n) is 8.73. The second-order valence-electron chi connectivity index (χ2n) is 6.90. The smallest absolute Gasteiger partial charge is 0.271 e. The number of piperidine rings is 1. The zero-order valence-electron chi connectivity index (χ0n) is 14.1. The van der Waals surface area contributed by atoms with Crippen molar-refractivity contribution in [2.75, 3.05) is 4.72 Å². The minimum atomic E-state index is -3.62. The highest BCUT2D eigenvalue weighted by molar-refractivity contribution is 7.94. The molecule has 2 aliphatic heterocycles. The maximum atomic E-state index is 12.6. The fourth-order valence-corrected chi connectivity index (χ4v) is 5.83. The van der Waals surface area contributed by atoms with Gasteiger partial charge in [0.1, 0.15) is 4.21 Å². The Bertz CT molecular complexity index is 884. The number of amides is 1. The van der Waals surface area contributed by atoms with E-state index < -0.39 is 10.0 Å². The first-order chi connectivity index (χ1) is 12.5. The number of hydrogen-bond donors (Lipinski definition) is 3. The van der Waals surface area contributed by atoms with Crippen LogP contribution in [0.25, 0.3) is 0 Å². The summed E-state index contributed by atoms with van der Waals surface area (Å²) in [6, 6.07) is 11.0. The summed E-state index contributed by atoms with van der Waals surface area (Å²) in [5.74, 6) is -0.159. The molecular weight excluding hydrogens is 370 g/mol. The molecule has 1 amide bonds. The zero-order valence-corrected chi connectivity index (χ0v) is 15.8. The van der Waals surface area contributed by atoms with E-state index in [1.165, 1.54) is 12.8 Å². The van der Waals surface area contributed by atoms with Gasteiger partial charge in [0.2, 0.25) is 0 Å². The number of carbonyl (C=O) groups excluding carboxylic acids is 1. The molecule has 3 heterocycles. The first-order valence-corrected chi connectivity index (χ1v) is 11.1. The largest absolute Gasteiger partial charge is 0.349 e. The first kappa shape index (κ1) is 17.5. The van der Waals surface area contributed by atoms with Crippen molar-refractivity contribution in [3.05, 3.63) is 47.3 Å². The predicted molar refractivity (Wildman–Crippen MR) is 102 cm³/mol. The highest BCUT2D eigenvalue weighted by atomic mass is 32.2. The fraction of sp³-hybridized carbons (Fsp3) is 0.389. The molecule has 2 fully saturated rings. The van der Waals surface area contributed by atoms with E-state index in [0.717, 1.165) is 24.2 Å². The molecule has 2 bridgehead atoms. The Labute approximate surface area is 157 Å². The Hall–Kier alpha value is -1.90. The van der Waals surface area contributed by atoms with E-state index in [0.29, 0.717) is 23.3 Å². The fourth-order valence-electron chi connectivity index (χ4n) is 3.79. The molecular formula is C18H21N3O3S2. The number of benzene rings is 1. The molecule has 6 nitrogen and oxygen atoms in total. The van der Waals surface area contributed by atoms with Gasteiger partial charge in [-0.25, -0.2) is 8.42 Å². The van der Waals surface area contributed by atoms with E-state index in [4.69, 9.17) is 0 Å². The normalized spacial score (nSPS) is 25.0. The van der Waals surface area contributed by atoms with E-state index in [1.54, 1.807) is 41.8 Å². The number of thiophene rings is 1. The summed E-state index contributed by atoms with van der Waals surface area (Å²) < 4.78 is 27.4. The molecule has 2 atom stereocenters. The van der Waals surface area contributed by atoms with E-state index in [1.807, 2.05) is 0 Å². The standard InChI is InChI=1S/C18H21N3O3S2/c22-18(20-16-10-13-6-7-14(11-16)19-13)12-3-1-4-15(9-12)21-26(23,24)17-5-2-8-25-17/h1-5,8-9,13-14,16,19,21H,6-7,10-11H2,(H,20,22). The molecule has 3 N–H and O–H groups in total. The van der Waals surface area contributed by atoms with Crippen LogP contribution < -0.4 is 15.4 Å². The van der Waals surface area contributed by atoms with Gasteiger partial charge in [-0.3, -0.25) is 9.52 Å². The summed E-state index contributed by atoms with van der Waals surface area (Å²) in [6.07, 6.45) is 4.26. The molecule has 1 aromatic carbocycles. The number of anilines is 1. The number of sulfonamides is 1. The molecule has 0 aliphatic carbocycles. The number of hydrogen-bond acceptors (Lipinski definition) is 5. The average molecular weight is 392 g/mol. The second kappa shape index (κ2) is 7.02. The van der Waals surface area contributed by atoms with Gasteiger partial charge in [-0.15, -0.1) is 11.3 Å². The van der Waals surface area contributed by atoms with Crippen molar-refractivity contribution in [1.82, 2.24) is 10.6 Å². The van der Waals surface area contributed by atoms with Gasteiger partial charge < -0.3 is 10.6 Å². The van der Waals surface area contributed by atoms with Gasteiger partial charge >= 0.3 is 0 Å². The van der Waals surface area contributed by atoms with Crippen molar-refractivity contribution < 1.29 is 13.2 Å². The Morgan fingerprint density at radius 3 is 2.58 bits per heavy atom. The van der Waals surface area contributed by atoms with Crippen LogP contribution in [0.2, 0.25) is 0 Å². The second-order valence-corrected chi connectivity index (χ2v) is 9.75. The molecule has 0 radical (unpaired) electrons. The Morgan fingerprint density at radius 1 is 1.12 bits per heavy atom. The van der Waals surface area contributed by atoms with Crippen LogP contribution in [0.4, 0.5) is 5.69 Å². The molecule has 1 aromatic heterocycles. The summed E-state index contributed by atoms with van der Waals surface area (Å²) in [5.41, 5.74) is 0.846. The van der Waals surface area contributed by atoms with Crippen molar-refractivity contribution in [3.8, 4) is 0 Å². The lowest BCUT2D eigenvalue weighted by Crippen LogP contribution is -2.48. The van der Waals surface area contributed by atoms with Crippen molar-refractivity contribution in [2.45, 2.75) is 48.0 Å². The van der Waals surface area contributed by atoms with Crippen LogP contribution in [0, 0.1) is 0 Å². The number of fused-ring (bicyclic) bond motifs is 2. The van der Waals surface area contributed by atoms with Crippen LogP contribution in [-0.2, 0) is 10.0 Å². The topological polar surface area (TPSA) is 87.3 Å². The van der Waals surface area contributed by atoms with Crippen molar-refractivity contribution in [3.63, 3.8) is 0 Å². The summed E-state index contributed by atoms with van der Waals surface area (Å²) in [4.78, 5) is 12.6. The van der Waals surface area contributed by atoms with Gasteiger partial charge in [0, 0.05) is 29.4 Å². The molecule has 8 heteroatoms. The lowest BCUT2D eigenvalue weighted by molar-refractivity contribution is 0.0924. The van der Waals surface area contributed by atoms with Gasteiger partial charge in [-0.1, -0.05) is 12.1 Å². The third kappa shape index (κ3) is 3.77. The highest BCUT2D eigenvalue weighted by Gasteiger charge is 2.34. The van der Waals surface area contributed by atoms with E-state index in [-0.39, 0.29) is 16.2 Å². The third-order valence-electron chi connectivity index (χ3n) is 4.95. The van der Waals surface area contributed by atoms with Crippen LogP contribution in [-0.4, -0.2) is 32.5 Å². The van der Waals surface area contributed by atoms with Gasteiger partial charge in [0.25, 0.3) is 15.9 Å². The highest BCUT2D eigenvalue weighted by Crippen LogP contribution is 2.27. The van der Waals surface area contributed by atoms with Crippen LogP contribution >= 0.6 is 11.3 Å². The maximum absolute atomic E-state index is 12.6. The SMILES string of the molecule is O=C(NC1CC2CCC(C1)N2)c1cccc(NS(=O)(=O)c2cccs2)c1. The average Bonchev–Trinajstić information content (AvgIpc) is 3.25. The summed E-state index contributed by atoms with van der Waals surface area (Å²) >= 11 is 1.15. The molecule has 0 saturated carbocycles. The third-order valence-corrected chi connectivity index (χ3v) is 7.72. The molecule has 2 unspecified atom stereocenters. The van der Waals surface area contributed by atoms with E-state index in [9.17, 15) is 13.2 Å². The summed E-state index contributed by atoms with van der Waals surface area (Å²) in [7, 11) is -3.62. The molecule has 2 saturated heterocycles. The van der Waals surface area contributed by atoms with Crippen molar-refractivity contribution >= 4 is 33.0 Å². The predicted octanol–water partition coefficient (Wildman–Crippen LogP) is 2.56. The summed E-state index contributed by atoms with van der Waals surface area (Å²) in [5, 5.41) is 8.37. The van der Waals surface area contributed by atoms with Gasteiger partial charge in [-0.2, -0.15) is 0 Å². The van der Waals surface area contributed by atoms with E-state index >= 15 is 0 Å². The molecule has 4 rings (SSSR count). The van der Waals surface area contributed by atoms with Gasteiger partial charge in [0.15, 0.2) is 0 Å². The van der Waals surface area contributed by atoms with Gasteiger partial charge in [0.05, 0.1) is 0 Å². The Kier molecular flexibility index (Phi) is 4.73. The summed E-state index contributed by atoms with van der Waals surface area (Å²) in [6.45, 7) is 0. The monoisotopic (exact) mass is 391 g/mol. The number of nitrogens with one attached hydrogen (secondary N) is 3. The van der Waals surface area contributed by atoms with Crippen molar-refractivity contribution in [2.24, 2.45) is 0 Å². The maximum Gasteiger partial charge on any atom is 0.271 e. The molecule has 138 valence electrons. The molecule has 2 aromatic rings. The van der Waals surface area contributed by atoms with Crippen LogP contribution in [0.1, 0.15) is 36.0 Å². The number of carbonyl (C=O) groups is 1. The minimum Gasteiger partial charge on any atom is -0.349 e. The molecule has 0 spiro atoms. The molecule has 2 aliphatic rings. The van der Waals surface area contributed by atoms with Gasteiger partial charge in [-0.05, 0) is 55.3 Å². The van der Waals surface area contributed by atoms with Crippen molar-refractivity contribution in [1.29, 1.82) is 0 Å². The minimum absolute atomic E-state index is 0.159. The molecule has 26 heavy (non-hydrogen) atoms. The van der Waals surface area contributed by atoms with Crippen LogP contribution in [0.15, 0.2) is 46.0 Å². The Balaban J connectivity index is 1.44. The van der Waals surface area contributed by atoms with Crippen LogP contribution in [0.3, 0.4) is 0 Å². The Morgan fingerprint density at radius 2 is 1.88 bits per heavy atom. The lowest BCUT2D eigenvalue weighted by Gasteiger charge is -2.29. The van der Waals surface area contributed by atoms with Crippen LogP contribution in [0.5, 0.6) is 0 Å². The quantitative estimate of drug-likeness (QED) is 0.731. The van der Waals surface area contributed by atoms with E-state index in [2.05, 4.69) is 15.4 Å². The lowest BCUT2D eigenvalue weighted by atomic mass is 9.99. The zero-order chi connectivity index (χ0) is 18.1.